The van der Waals surface area contributed by atoms with Gasteiger partial charge in [0.05, 0.1) is 21.1 Å². The fourth-order valence-corrected chi connectivity index (χ4v) is 10.2. The Kier molecular flexibility index (Phi) is 12.2. The summed E-state index contributed by atoms with van der Waals surface area (Å²) in [5.41, 5.74) is 2.13. The number of nitrogens with zero attached hydrogens (tertiary/aromatic N) is 1. The molecule has 0 aliphatic heterocycles. The summed E-state index contributed by atoms with van der Waals surface area (Å²) in [5, 5.41) is 0. The summed E-state index contributed by atoms with van der Waals surface area (Å²) < 4.78 is 28.5. The van der Waals surface area contributed by atoms with Gasteiger partial charge in [0.25, 0.3) is 0 Å². The van der Waals surface area contributed by atoms with Gasteiger partial charge < -0.3 is 19.6 Å². The van der Waals surface area contributed by atoms with Crippen LogP contribution in [0.3, 0.4) is 0 Å². The van der Waals surface area contributed by atoms with Gasteiger partial charge in [-0.15, -0.1) is 0 Å². The Morgan fingerprint density at radius 2 is 1.77 bits per heavy atom. The summed E-state index contributed by atoms with van der Waals surface area (Å²) in [6, 6.07) is 0. The molecule has 3 fully saturated rings. The molecule has 43 heavy (non-hydrogen) atoms. The molecule has 2 N–H and O–H groups in total. The van der Waals surface area contributed by atoms with Crippen LogP contribution in [0.1, 0.15) is 105 Å². The first-order valence-corrected chi connectivity index (χ1v) is 18.3. The van der Waals surface area contributed by atoms with E-state index in [1.54, 1.807) is 0 Å². The van der Waals surface area contributed by atoms with Gasteiger partial charge in [-0.1, -0.05) is 65.5 Å². The lowest BCUT2D eigenvalue weighted by molar-refractivity contribution is -0.870. The first kappa shape index (κ1) is 36.7. The molecule has 0 aromatic rings. The fraction of sp³-hybridized carbons (Fsp3) is 0.912. The smallest absolute Gasteiger partial charge is 0.472 e. The Hall–Kier alpha value is -0.760. The normalized spacial score (nSPS) is 36.0. The number of likely N-dealkylation sites (N-methyl/N-ethyl adjacent to an activating group) is 1. The summed E-state index contributed by atoms with van der Waals surface area (Å²) in [5.74, 6) is 4.21. The predicted octanol–water partition coefficient (Wildman–Crippen LogP) is 7.60. The highest BCUT2D eigenvalue weighted by Gasteiger charge is 2.59. The lowest BCUT2D eigenvalue weighted by atomic mass is 9.47. The Morgan fingerprint density at radius 1 is 1.05 bits per heavy atom. The molecule has 0 radical (unpaired) electrons. The summed E-state index contributed by atoms with van der Waals surface area (Å²) in [4.78, 5) is 22.5. The van der Waals surface area contributed by atoms with Gasteiger partial charge >= 0.3 is 13.8 Å². The molecule has 9 heteroatoms. The van der Waals surface area contributed by atoms with Crippen LogP contribution in [0.4, 0.5) is 0 Å². The molecule has 0 amide bonds. The van der Waals surface area contributed by atoms with E-state index < -0.39 is 20.4 Å². The van der Waals surface area contributed by atoms with E-state index in [0.29, 0.717) is 16.4 Å². The number of allylic oxidation sites excluding steroid dienone is 1. The number of fused-ring (bicyclic) bond motifs is 5. The molecule has 0 saturated heterocycles. The molecule has 0 aromatic heterocycles. The van der Waals surface area contributed by atoms with Gasteiger partial charge in [0, 0.05) is 6.42 Å². The van der Waals surface area contributed by atoms with Crippen molar-refractivity contribution < 1.29 is 38.0 Å². The van der Waals surface area contributed by atoms with Crippen LogP contribution in [0.25, 0.3) is 0 Å². The molecular weight excluding hydrogens is 565 g/mol. The zero-order chi connectivity index (χ0) is 30.9. The van der Waals surface area contributed by atoms with Crippen LogP contribution < -0.4 is 0 Å². The first-order chi connectivity index (χ1) is 19.5. The third-order valence-corrected chi connectivity index (χ3v) is 12.9. The van der Waals surface area contributed by atoms with E-state index >= 15 is 0 Å². The third kappa shape index (κ3) is 8.74. The van der Waals surface area contributed by atoms with Crippen molar-refractivity contribution in [1.82, 2.24) is 0 Å². The number of quaternary nitrogens is 1. The van der Waals surface area contributed by atoms with Crippen molar-refractivity contribution in [3.8, 4) is 0 Å². The van der Waals surface area contributed by atoms with Gasteiger partial charge in [0.15, 0.2) is 6.61 Å². The van der Waals surface area contributed by atoms with Gasteiger partial charge in [-0.05, 0) is 91.3 Å². The van der Waals surface area contributed by atoms with E-state index in [0.717, 1.165) is 61.2 Å². The molecule has 4 unspecified atom stereocenters. The minimum atomic E-state index is -4.29. The average Bonchev–Trinajstić information content (AvgIpc) is 3.24. The average molecular weight is 628 g/mol. The molecule has 250 valence electrons. The van der Waals surface area contributed by atoms with Crippen LogP contribution in [0.2, 0.25) is 0 Å². The Bertz CT molecular complexity index is 1020. The number of ether oxygens (including phenoxy) is 1. The van der Waals surface area contributed by atoms with Crippen molar-refractivity contribution in [2.45, 2.75) is 111 Å². The highest BCUT2D eigenvalue weighted by Crippen LogP contribution is 2.67. The lowest BCUT2D eigenvalue weighted by Gasteiger charge is -2.58. The number of rotatable bonds is 13. The van der Waals surface area contributed by atoms with Gasteiger partial charge in [-0.2, -0.15) is 0 Å². The molecule has 4 rings (SSSR count). The Balaban J connectivity index is 0.00000506. The van der Waals surface area contributed by atoms with E-state index in [-0.39, 0.29) is 23.6 Å². The van der Waals surface area contributed by atoms with Crippen molar-refractivity contribution >= 4 is 13.8 Å². The van der Waals surface area contributed by atoms with E-state index in [4.69, 9.17) is 13.8 Å². The van der Waals surface area contributed by atoms with Crippen LogP contribution >= 0.6 is 7.82 Å². The van der Waals surface area contributed by atoms with Crippen molar-refractivity contribution in [2.75, 3.05) is 40.9 Å². The number of phosphoric acid groups is 1. The second kappa shape index (κ2) is 14.3. The van der Waals surface area contributed by atoms with Crippen LogP contribution in [-0.2, 0) is 23.1 Å². The van der Waals surface area contributed by atoms with Crippen molar-refractivity contribution in [3.05, 3.63) is 11.6 Å². The second-order valence-corrected chi connectivity index (χ2v) is 17.7. The number of carbonyl (C=O) groups is 1. The number of phosphoric ester groups is 1. The van der Waals surface area contributed by atoms with Crippen LogP contribution in [-0.4, -0.2) is 67.8 Å². The van der Waals surface area contributed by atoms with Crippen LogP contribution in [0, 0.1) is 46.3 Å². The molecular formula is C34H62NO7P. The minimum Gasteiger partial charge on any atom is -0.870 e. The Labute approximate surface area is 261 Å². The zero-order valence-corrected chi connectivity index (χ0v) is 29.2. The number of esters is 1. The third-order valence-electron chi connectivity index (χ3n) is 11.9. The molecule has 4 aliphatic rings. The number of hydrogen-bond acceptors (Lipinski definition) is 6. The first-order valence-electron chi connectivity index (χ1n) is 16.9. The SMILES string of the molecule is CC(C)CCC[C@@H](C)[C@H]1CCC2C3CC=C4C[C@@H](OC(=O)COP(=O)(O)OCC[N+](C)(C)C)CC[C@]4(C)C3CC[C@@]21C.[OH-]. The van der Waals surface area contributed by atoms with Crippen LogP contribution in [0.15, 0.2) is 11.6 Å². The molecule has 0 aromatic carbocycles. The predicted molar refractivity (Wildman–Crippen MR) is 169 cm³/mol. The molecule has 0 bridgehead atoms. The number of carbonyl (C=O) groups excluding carboxylic acids is 1. The van der Waals surface area contributed by atoms with E-state index in [1.807, 2.05) is 21.1 Å². The van der Waals surface area contributed by atoms with E-state index in [1.165, 1.54) is 50.5 Å². The van der Waals surface area contributed by atoms with Crippen molar-refractivity contribution in [1.29, 1.82) is 0 Å². The fourth-order valence-electron chi connectivity index (χ4n) is 9.57. The van der Waals surface area contributed by atoms with Gasteiger partial charge in [0.2, 0.25) is 0 Å². The monoisotopic (exact) mass is 627 g/mol. The minimum absolute atomic E-state index is 0. The summed E-state index contributed by atoms with van der Waals surface area (Å²) in [7, 11) is 1.60. The molecule has 4 aliphatic carbocycles. The quantitative estimate of drug-likeness (QED) is 0.0968. The standard InChI is InChI=1S/C34H60NO6P.H2O/c1-24(2)10-9-11-25(3)29-14-15-30-28-13-12-26-22-27(16-18-33(26,4)31(28)17-19-34(29,30)5)41-32(36)23-40-42(37,38)39-21-20-35(6,7)8;/h12,24-25,27-31H,9-11,13-23H2,1-8H3;1H2/t25-,27+,28?,29-,30?,31?,33+,34-;/m1./s1. The van der Waals surface area contributed by atoms with Gasteiger partial charge in [-0.25, -0.2) is 9.36 Å². The maximum Gasteiger partial charge on any atom is 0.472 e. The van der Waals surface area contributed by atoms with Crippen molar-refractivity contribution in [2.24, 2.45) is 46.3 Å². The molecule has 0 heterocycles. The van der Waals surface area contributed by atoms with Gasteiger partial charge in [0.1, 0.15) is 19.3 Å². The number of hydrogen-bond donors (Lipinski definition) is 1. The van der Waals surface area contributed by atoms with Crippen LogP contribution in [0.5, 0.6) is 0 Å². The summed E-state index contributed by atoms with van der Waals surface area (Å²) >= 11 is 0. The zero-order valence-electron chi connectivity index (χ0n) is 28.3. The molecule has 0 spiro atoms. The maximum atomic E-state index is 12.5. The van der Waals surface area contributed by atoms with E-state index in [9.17, 15) is 14.3 Å². The lowest BCUT2D eigenvalue weighted by Crippen LogP contribution is -2.51. The van der Waals surface area contributed by atoms with Gasteiger partial charge in [-0.3, -0.25) is 9.05 Å². The highest BCUT2D eigenvalue weighted by molar-refractivity contribution is 7.47. The summed E-state index contributed by atoms with van der Waals surface area (Å²) in [6.07, 6.45) is 15.7. The maximum absolute atomic E-state index is 12.5. The van der Waals surface area contributed by atoms with Crippen molar-refractivity contribution in [3.63, 3.8) is 0 Å². The highest BCUT2D eigenvalue weighted by atomic mass is 31.2. The molecule has 3 saturated carbocycles. The van der Waals surface area contributed by atoms with E-state index in [2.05, 4.69) is 40.7 Å². The molecule has 9 atom stereocenters. The second-order valence-electron chi connectivity index (χ2n) is 16.2. The topological polar surface area (TPSA) is 112 Å². The summed E-state index contributed by atoms with van der Waals surface area (Å²) in [6.45, 7) is 12.4. The Morgan fingerprint density at radius 3 is 2.44 bits per heavy atom. The molecule has 8 nitrogen and oxygen atoms in total. The largest absolute Gasteiger partial charge is 0.870 e.